The van der Waals surface area contributed by atoms with E-state index in [9.17, 15) is 23.1 Å². The van der Waals surface area contributed by atoms with Crippen molar-refractivity contribution in [2.75, 3.05) is 0 Å². The van der Waals surface area contributed by atoms with Crippen molar-refractivity contribution in [2.24, 2.45) is 10.2 Å². The number of azo groups is 1. The number of hydrogen-bond donors (Lipinski definition) is 1. The van der Waals surface area contributed by atoms with Gasteiger partial charge in [0.2, 0.25) is 0 Å². The summed E-state index contributed by atoms with van der Waals surface area (Å²) in [6.07, 6.45) is -4.57. The molecular formula is C12H11F3N2O2. The van der Waals surface area contributed by atoms with Crippen LogP contribution in [0.1, 0.15) is 19.4 Å². The van der Waals surface area contributed by atoms with Gasteiger partial charge < -0.3 is 5.11 Å². The van der Waals surface area contributed by atoms with Crippen LogP contribution in [0.15, 0.2) is 46.0 Å². The Kier molecular flexibility index (Phi) is 4.42. The Morgan fingerprint density at radius 3 is 2.26 bits per heavy atom. The predicted octanol–water partition coefficient (Wildman–Crippen LogP) is 4.17. The molecule has 19 heavy (non-hydrogen) atoms. The number of allylic oxidation sites excluding steroid dienone is 2. The number of carbonyl (C=O) groups is 1. The van der Waals surface area contributed by atoms with Gasteiger partial charge in [-0.1, -0.05) is 12.1 Å². The number of ketones is 1. The summed E-state index contributed by atoms with van der Waals surface area (Å²) in [6.45, 7) is 2.33. The van der Waals surface area contributed by atoms with Crippen LogP contribution >= 0.6 is 0 Å². The molecule has 4 nitrogen and oxygen atoms in total. The molecule has 7 heteroatoms. The molecule has 0 fully saturated rings. The first-order valence-electron chi connectivity index (χ1n) is 5.22. The number of aliphatic hydroxyl groups is 1. The van der Waals surface area contributed by atoms with Gasteiger partial charge in [-0.05, 0) is 19.1 Å². The molecule has 102 valence electrons. The largest absolute Gasteiger partial charge is 0.510 e. The highest BCUT2D eigenvalue weighted by Gasteiger charge is 2.33. The van der Waals surface area contributed by atoms with Crippen molar-refractivity contribution >= 4 is 11.5 Å². The van der Waals surface area contributed by atoms with Gasteiger partial charge in [-0.2, -0.15) is 13.2 Å². The van der Waals surface area contributed by atoms with Crippen LogP contribution in [0.4, 0.5) is 18.9 Å². The fourth-order valence-electron chi connectivity index (χ4n) is 1.30. The van der Waals surface area contributed by atoms with E-state index < -0.39 is 29.0 Å². The number of Topliss-reactive ketones (excluding diaryl/α,β-unsaturated/α-hetero) is 1. The van der Waals surface area contributed by atoms with Crippen LogP contribution in [0, 0.1) is 0 Å². The zero-order chi connectivity index (χ0) is 14.6. The van der Waals surface area contributed by atoms with Crippen molar-refractivity contribution in [2.45, 2.75) is 20.0 Å². The minimum Gasteiger partial charge on any atom is -0.510 e. The van der Waals surface area contributed by atoms with Crippen LogP contribution < -0.4 is 0 Å². The highest BCUT2D eigenvalue weighted by molar-refractivity contribution is 5.93. The number of benzene rings is 1. The maximum Gasteiger partial charge on any atom is 0.418 e. The van der Waals surface area contributed by atoms with E-state index in [1.54, 1.807) is 0 Å². The van der Waals surface area contributed by atoms with Crippen molar-refractivity contribution in [3.63, 3.8) is 0 Å². The number of aliphatic hydroxyl groups excluding tert-OH is 1. The van der Waals surface area contributed by atoms with Gasteiger partial charge in [0, 0.05) is 6.92 Å². The molecule has 0 radical (unpaired) electrons. The van der Waals surface area contributed by atoms with Crippen LogP contribution in [0.25, 0.3) is 0 Å². The first kappa shape index (κ1) is 14.9. The smallest absolute Gasteiger partial charge is 0.418 e. The van der Waals surface area contributed by atoms with E-state index in [0.717, 1.165) is 19.1 Å². The molecule has 1 rings (SSSR count). The summed E-state index contributed by atoms with van der Waals surface area (Å²) in [5.41, 5.74) is -1.76. The summed E-state index contributed by atoms with van der Waals surface area (Å²) in [4.78, 5) is 11.1. The van der Waals surface area contributed by atoms with Gasteiger partial charge in [0.1, 0.15) is 5.76 Å². The van der Waals surface area contributed by atoms with E-state index in [2.05, 4.69) is 10.2 Å². The molecule has 0 aliphatic heterocycles. The van der Waals surface area contributed by atoms with Gasteiger partial charge in [0.25, 0.3) is 0 Å². The third kappa shape index (κ3) is 3.90. The standard InChI is InChI=1S/C12H11F3N2O2/c1-7(18)11(8(2)19)17-16-10-6-4-3-5-9(10)12(13,14)15/h3-6,18H,1-2H3/b11-7+,17-16?. The van der Waals surface area contributed by atoms with Crippen molar-refractivity contribution in [1.29, 1.82) is 0 Å². The van der Waals surface area contributed by atoms with Gasteiger partial charge in [-0.3, -0.25) is 4.79 Å². The molecule has 0 aliphatic carbocycles. The predicted molar refractivity (Wildman–Crippen MR) is 62.0 cm³/mol. The van der Waals surface area contributed by atoms with E-state index in [-0.39, 0.29) is 5.70 Å². The third-order valence-electron chi connectivity index (χ3n) is 2.14. The van der Waals surface area contributed by atoms with Gasteiger partial charge in [0.05, 0.1) is 11.3 Å². The zero-order valence-corrected chi connectivity index (χ0v) is 10.2. The van der Waals surface area contributed by atoms with Crippen LogP contribution in [-0.2, 0) is 11.0 Å². The summed E-state index contributed by atoms with van der Waals surface area (Å²) in [5.74, 6) is -0.992. The molecule has 1 aromatic carbocycles. The van der Waals surface area contributed by atoms with Crippen LogP contribution in [0.3, 0.4) is 0 Å². The molecule has 0 heterocycles. The topological polar surface area (TPSA) is 62.0 Å². The summed E-state index contributed by atoms with van der Waals surface area (Å²) < 4.78 is 38.0. The number of halogens is 3. The van der Waals surface area contributed by atoms with Crippen molar-refractivity contribution in [3.8, 4) is 0 Å². The highest BCUT2D eigenvalue weighted by atomic mass is 19.4. The second kappa shape index (κ2) is 5.64. The lowest BCUT2D eigenvalue weighted by Crippen LogP contribution is -2.04. The molecule has 0 bridgehead atoms. The first-order valence-corrected chi connectivity index (χ1v) is 5.22. The van der Waals surface area contributed by atoms with E-state index >= 15 is 0 Å². The van der Waals surface area contributed by atoms with E-state index in [1.807, 2.05) is 0 Å². The molecular weight excluding hydrogens is 261 g/mol. The second-order valence-electron chi connectivity index (χ2n) is 3.71. The highest BCUT2D eigenvalue weighted by Crippen LogP contribution is 2.36. The molecule has 0 saturated heterocycles. The van der Waals surface area contributed by atoms with Crippen LogP contribution in [0.2, 0.25) is 0 Å². The Morgan fingerprint density at radius 1 is 1.21 bits per heavy atom. The first-order chi connectivity index (χ1) is 8.73. The monoisotopic (exact) mass is 272 g/mol. The van der Waals surface area contributed by atoms with Gasteiger partial charge in [0.15, 0.2) is 11.5 Å². The van der Waals surface area contributed by atoms with Crippen molar-refractivity contribution < 1.29 is 23.1 Å². The summed E-state index contributed by atoms with van der Waals surface area (Å²) in [6, 6.07) is 4.57. The number of carbonyl (C=O) groups excluding carboxylic acids is 1. The number of nitrogens with zero attached hydrogens (tertiary/aromatic N) is 2. The van der Waals surface area contributed by atoms with Crippen LogP contribution in [0.5, 0.6) is 0 Å². The second-order valence-corrected chi connectivity index (χ2v) is 3.71. The number of alkyl halides is 3. The maximum atomic E-state index is 12.7. The van der Waals surface area contributed by atoms with Crippen molar-refractivity contribution in [3.05, 3.63) is 41.3 Å². The lowest BCUT2D eigenvalue weighted by molar-refractivity contribution is -0.137. The van der Waals surface area contributed by atoms with Gasteiger partial charge in [-0.15, -0.1) is 10.2 Å². The summed E-state index contributed by atoms with van der Waals surface area (Å²) in [5, 5.41) is 15.9. The maximum absolute atomic E-state index is 12.7. The molecule has 0 unspecified atom stereocenters. The quantitative estimate of drug-likeness (QED) is 0.510. The minimum absolute atomic E-state index is 0.378. The Labute approximate surface area is 107 Å². The summed E-state index contributed by atoms with van der Waals surface area (Å²) >= 11 is 0. The average molecular weight is 272 g/mol. The lowest BCUT2D eigenvalue weighted by atomic mass is 10.2. The fourth-order valence-corrected chi connectivity index (χ4v) is 1.30. The molecule has 0 amide bonds. The molecule has 0 spiro atoms. The molecule has 1 N–H and O–H groups in total. The molecule has 0 saturated carbocycles. The fraction of sp³-hybridized carbons (Fsp3) is 0.250. The van der Waals surface area contributed by atoms with Crippen LogP contribution in [-0.4, -0.2) is 10.9 Å². The van der Waals surface area contributed by atoms with Crippen molar-refractivity contribution in [1.82, 2.24) is 0 Å². The molecule has 0 aliphatic rings. The minimum atomic E-state index is -4.57. The Balaban J connectivity index is 3.21. The lowest BCUT2D eigenvalue weighted by Gasteiger charge is -2.08. The number of rotatable bonds is 3. The molecule has 0 atom stereocenters. The Morgan fingerprint density at radius 2 is 1.79 bits per heavy atom. The normalized spacial score (nSPS) is 13.5. The van der Waals surface area contributed by atoms with Gasteiger partial charge in [-0.25, -0.2) is 0 Å². The SMILES string of the molecule is CC(=O)/C(N=Nc1ccccc1C(F)(F)F)=C(/C)O. The Bertz CT molecular complexity index is 544. The molecule has 0 aromatic heterocycles. The van der Waals surface area contributed by atoms with Gasteiger partial charge >= 0.3 is 6.18 Å². The average Bonchev–Trinajstić information content (AvgIpc) is 2.27. The third-order valence-corrected chi connectivity index (χ3v) is 2.14. The Hall–Kier alpha value is -2.18. The van der Waals surface area contributed by atoms with E-state index in [1.165, 1.54) is 19.1 Å². The summed E-state index contributed by atoms with van der Waals surface area (Å²) in [7, 11) is 0. The molecule has 1 aromatic rings. The zero-order valence-electron chi connectivity index (χ0n) is 10.2. The van der Waals surface area contributed by atoms with E-state index in [4.69, 9.17) is 0 Å². The number of hydrogen-bond acceptors (Lipinski definition) is 4. The van der Waals surface area contributed by atoms with E-state index in [0.29, 0.717) is 0 Å².